The maximum Gasteiger partial charge on any atom is 0.344 e. The fourth-order valence-electron chi connectivity index (χ4n) is 1.78. The number of rotatable bonds is 8. The van der Waals surface area contributed by atoms with E-state index in [1.165, 1.54) is 13.1 Å². The fourth-order valence-corrected chi connectivity index (χ4v) is 1.90. The third-order valence-corrected chi connectivity index (χ3v) is 3.38. The molecule has 136 valence electrons. The fraction of sp³-hybridized carbons (Fsp3) is 0.167. The van der Waals surface area contributed by atoms with Gasteiger partial charge in [0.15, 0.2) is 12.7 Å². The Morgan fingerprint density at radius 2 is 1.77 bits per heavy atom. The second kappa shape index (κ2) is 9.43. The average molecular weight is 377 g/mol. The third kappa shape index (κ3) is 6.45. The summed E-state index contributed by atoms with van der Waals surface area (Å²) in [5.74, 6) is -0.497. The first-order valence-electron chi connectivity index (χ1n) is 7.64. The summed E-state index contributed by atoms with van der Waals surface area (Å²) >= 11 is 5.76. The minimum absolute atomic E-state index is 0.182. The van der Waals surface area contributed by atoms with Crippen molar-refractivity contribution in [2.75, 3.05) is 6.61 Å². The van der Waals surface area contributed by atoms with Crippen LogP contribution >= 0.6 is 11.6 Å². The number of benzene rings is 2. The molecule has 0 aliphatic carbocycles. The second-order valence-corrected chi connectivity index (χ2v) is 5.64. The van der Waals surface area contributed by atoms with E-state index in [1.54, 1.807) is 48.5 Å². The molecular formula is C18H17ClN2O5. The van der Waals surface area contributed by atoms with Crippen molar-refractivity contribution in [1.29, 1.82) is 0 Å². The minimum Gasteiger partial charge on any atom is -0.484 e. The maximum absolute atomic E-state index is 11.7. The zero-order chi connectivity index (χ0) is 18.9. The van der Waals surface area contributed by atoms with Crippen LogP contribution in [-0.2, 0) is 9.59 Å². The molecule has 0 aliphatic heterocycles. The van der Waals surface area contributed by atoms with Gasteiger partial charge in [-0.3, -0.25) is 4.79 Å². The largest absolute Gasteiger partial charge is 0.484 e. The molecule has 0 bridgehead atoms. The van der Waals surface area contributed by atoms with Crippen LogP contribution in [0.3, 0.4) is 0 Å². The third-order valence-electron chi connectivity index (χ3n) is 3.13. The number of nitrogens with one attached hydrogen (secondary N) is 1. The van der Waals surface area contributed by atoms with Gasteiger partial charge in [0.25, 0.3) is 5.91 Å². The Morgan fingerprint density at radius 3 is 2.38 bits per heavy atom. The van der Waals surface area contributed by atoms with Gasteiger partial charge >= 0.3 is 5.97 Å². The SMILES string of the molecule is C[C@H](Oc1ccc(/C=N\NC(=O)COc2ccc(Cl)cc2)cc1)C(=O)O. The molecule has 0 heterocycles. The van der Waals surface area contributed by atoms with E-state index < -0.39 is 18.0 Å². The van der Waals surface area contributed by atoms with E-state index in [0.717, 1.165) is 0 Å². The van der Waals surface area contributed by atoms with E-state index in [0.29, 0.717) is 22.1 Å². The lowest BCUT2D eigenvalue weighted by Gasteiger charge is -2.09. The van der Waals surface area contributed by atoms with Crippen LogP contribution in [0.15, 0.2) is 53.6 Å². The van der Waals surface area contributed by atoms with Gasteiger partial charge in [-0.05, 0) is 61.0 Å². The molecule has 0 saturated heterocycles. The van der Waals surface area contributed by atoms with Gasteiger partial charge < -0.3 is 14.6 Å². The number of aliphatic carboxylic acids is 1. The van der Waals surface area contributed by atoms with E-state index in [2.05, 4.69) is 10.5 Å². The van der Waals surface area contributed by atoms with Crippen molar-refractivity contribution in [1.82, 2.24) is 5.43 Å². The van der Waals surface area contributed by atoms with Gasteiger partial charge in [0, 0.05) is 5.02 Å². The number of carboxylic acid groups (broad SMARTS) is 1. The first-order chi connectivity index (χ1) is 12.4. The Hall–Kier alpha value is -3.06. The maximum atomic E-state index is 11.7. The van der Waals surface area contributed by atoms with Crippen molar-refractivity contribution in [3.63, 3.8) is 0 Å². The Bertz CT molecular complexity index is 775. The molecule has 0 saturated carbocycles. The Kier molecular flexibility index (Phi) is 6.99. The molecule has 0 aromatic heterocycles. The summed E-state index contributed by atoms with van der Waals surface area (Å²) in [6.07, 6.45) is 0.513. The molecule has 0 radical (unpaired) electrons. The van der Waals surface area contributed by atoms with Crippen molar-refractivity contribution in [2.24, 2.45) is 5.10 Å². The number of carbonyl (C=O) groups is 2. The molecule has 2 rings (SSSR count). The molecular weight excluding hydrogens is 360 g/mol. The molecule has 0 unspecified atom stereocenters. The second-order valence-electron chi connectivity index (χ2n) is 5.20. The number of ether oxygens (including phenoxy) is 2. The zero-order valence-electron chi connectivity index (χ0n) is 13.9. The molecule has 26 heavy (non-hydrogen) atoms. The molecule has 1 atom stereocenters. The molecule has 2 aromatic rings. The van der Waals surface area contributed by atoms with Crippen LogP contribution < -0.4 is 14.9 Å². The van der Waals surface area contributed by atoms with Gasteiger partial charge in [0.2, 0.25) is 0 Å². The highest BCUT2D eigenvalue weighted by atomic mass is 35.5. The zero-order valence-corrected chi connectivity index (χ0v) is 14.6. The van der Waals surface area contributed by atoms with Crippen molar-refractivity contribution in [3.8, 4) is 11.5 Å². The molecule has 7 nitrogen and oxygen atoms in total. The normalized spacial score (nSPS) is 11.8. The van der Waals surface area contributed by atoms with Gasteiger partial charge in [0.1, 0.15) is 11.5 Å². The van der Waals surface area contributed by atoms with Gasteiger partial charge in [-0.15, -0.1) is 0 Å². The Morgan fingerprint density at radius 1 is 1.15 bits per heavy atom. The molecule has 0 fully saturated rings. The standard InChI is InChI=1S/C18H17ClN2O5/c1-12(18(23)24)26-16-6-2-13(3-7-16)10-20-21-17(22)11-25-15-8-4-14(19)5-9-15/h2-10,12H,11H2,1H3,(H,21,22)(H,23,24)/b20-10-/t12-/m0/s1. The molecule has 1 amide bonds. The van der Waals surface area contributed by atoms with Crippen LogP contribution in [0, 0.1) is 0 Å². The van der Waals surface area contributed by atoms with E-state index in [1.807, 2.05) is 0 Å². The van der Waals surface area contributed by atoms with Crippen LogP contribution in [0.4, 0.5) is 0 Å². The summed E-state index contributed by atoms with van der Waals surface area (Å²) in [6.45, 7) is 1.26. The van der Waals surface area contributed by atoms with Gasteiger partial charge in [-0.25, -0.2) is 10.2 Å². The van der Waals surface area contributed by atoms with Crippen LogP contribution in [0.25, 0.3) is 0 Å². The number of nitrogens with zero attached hydrogens (tertiary/aromatic N) is 1. The summed E-state index contributed by atoms with van der Waals surface area (Å²) < 4.78 is 10.5. The number of carbonyl (C=O) groups excluding carboxylic acids is 1. The topological polar surface area (TPSA) is 97.2 Å². The summed E-state index contributed by atoms with van der Waals surface area (Å²) in [5, 5.41) is 13.2. The van der Waals surface area contributed by atoms with E-state index in [-0.39, 0.29) is 6.61 Å². The highest BCUT2D eigenvalue weighted by Crippen LogP contribution is 2.15. The van der Waals surface area contributed by atoms with E-state index >= 15 is 0 Å². The van der Waals surface area contributed by atoms with Crippen molar-refractivity contribution < 1.29 is 24.2 Å². The number of hydrazone groups is 1. The Balaban J connectivity index is 1.77. The summed E-state index contributed by atoms with van der Waals surface area (Å²) in [5.41, 5.74) is 3.05. The number of halogens is 1. The summed E-state index contributed by atoms with van der Waals surface area (Å²) in [7, 11) is 0. The average Bonchev–Trinajstić information content (AvgIpc) is 2.62. The minimum atomic E-state index is -1.04. The van der Waals surface area contributed by atoms with Gasteiger partial charge in [-0.1, -0.05) is 11.6 Å². The molecule has 0 aliphatic rings. The quantitative estimate of drug-likeness (QED) is 0.545. The number of hydrogen-bond acceptors (Lipinski definition) is 5. The van der Waals surface area contributed by atoms with Crippen LogP contribution in [0.5, 0.6) is 11.5 Å². The first kappa shape index (κ1) is 19.3. The smallest absolute Gasteiger partial charge is 0.344 e. The molecule has 2 N–H and O–H groups in total. The van der Waals surface area contributed by atoms with Crippen LogP contribution in [-0.4, -0.2) is 35.9 Å². The highest BCUT2D eigenvalue weighted by Gasteiger charge is 2.11. The lowest BCUT2D eigenvalue weighted by atomic mass is 10.2. The molecule has 0 spiro atoms. The first-order valence-corrected chi connectivity index (χ1v) is 8.01. The van der Waals surface area contributed by atoms with Gasteiger partial charge in [0.05, 0.1) is 6.21 Å². The highest BCUT2D eigenvalue weighted by molar-refractivity contribution is 6.30. The lowest BCUT2D eigenvalue weighted by molar-refractivity contribution is -0.144. The van der Waals surface area contributed by atoms with Crippen LogP contribution in [0.2, 0.25) is 5.02 Å². The number of hydrogen-bond donors (Lipinski definition) is 2. The predicted octanol–water partition coefficient (Wildman–Crippen LogP) is 2.72. The molecule has 8 heteroatoms. The summed E-state index contributed by atoms with van der Waals surface area (Å²) in [6, 6.07) is 13.3. The number of carboxylic acids is 1. The number of amides is 1. The summed E-state index contributed by atoms with van der Waals surface area (Å²) in [4.78, 5) is 22.4. The van der Waals surface area contributed by atoms with Crippen molar-refractivity contribution in [2.45, 2.75) is 13.0 Å². The van der Waals surface area contributed by atoms with Crippen LogP contribution in [0.1, 0.15) is 12.5 Å². The van der Waals surface area contributed by atoms with Crippen molar-refractivity contribution in [3.05, 3.63) is 59.1 Å². The lowest BCUT2D eigenvalue weighted by Crippen LogP contribution is -2.24. The van der Waals surface area contributed by atoms with E-state index in [9.17, 15) is 9.59 Å². The van der Waals surface area contributed by atoms with E-state index in [4.69, 9.17) is 26.2 Å². The predicted molar refractivity (Wildman–Crippen MR) is 96.9 cm³/mol. The van der Waals surface area contributed by atoms with Gasteiger partial charge in [-0.2, -0.15) is 5.10 Å². The Labute approximate surface area is 155 Å². The van der Waals surface area contributed by atoms with Crippen molar-refractivity contribution >= 4 is 29.7 Å². The monoisotopic (exact) mass is 376 g/mol. The molecule has 2 aromatic carbocycles.